The zero-order valence-corrected chi connectivity index (χ0v) is 14.5. The number of esters is 1. The molecule has 4 heteroatoms. The number of aliphatic hydroxyl groups is 1. The minimum atomic E-state index is -0.768. The van der Waals surface area contributed by atoms with Gasteiger partial charge in [-0.2, -0.15) is 0 Å². The van der Waals surface area contributed by atoms with Crippen molar-refractivity contribution in [1.82, 2.24) is 0 Å². The maximum absolute atomic E-state index is 12.2. The molecule has 2 aliphatic heterocycles. The number of aliphatic hydroxyl groups excluding tert-OH is 1. The van der Waals surface area contributed by atoms with Gasteiger partial charge in [0, 0.05) is 11.5 Å². The van der Waals surface area contributed by atoms with Crippen molar-refractivity contribution in [2.75, 3.05) is 0 Å². The molecule has 4 nitrogen and oxygen atoms in total. The molecule has 4 atom stereocenters. The number of furan rings is 1. The topological polar surface area (TPSA) is 59.7 Å². The number of carbonyl (C=O) groups excluding carboxylic acids is 1. The van der Waals surface area contributed by atoms with Gasteiger partial charge in [-0.15, -0.1) is 0 Å². The highest BCUT2D eigenvalue weighted by Crippen LogP contribution is 2.42. The van der Waals surface area contributed by atoms with Gasteiger partial charge >= 0.3 is 5.97 Å². The summed E-state index contributed by atoms with van der Waals surface area (Å²) in [6, 6.07) is 1.91. The van der Waals surface area contributed by atoms with Crippen LogP contribution in [0.5, 0.6) is 0 Å². The summed E-state index contributed by atoms with van der Waals surface area (Å²) in [7, 11) is 0. The lowest BCUT2D eigenvalue weighted by molar-refractivity contribution is -0.140. The first kappa shape index (κ1) is 16.8. The Morgan fingerprint density at radius 3 is 2.62 bits per heavy atom. The molecule has 0 radical (unpaired) electrons. The van der Waals surface area contributed by atoms with Crippen molar-refractivity contribution < 1.29 is 19.1 Å². The lowest BCUT2D eigenvalue weighted by Crippen LogP contribution is -2.19. The third-order valence-electron chi connectivity index (χ3n) is 5.02. The highest BCUT2D eigenvalue weighted by Gasteiger charge is 2.38. The Kier molecular flexibility index (Phi) is 4.26. The fraction of sp³-hybridized carbons (Fsp3) is 0.450. The zero-order chi connectivity index (χ0) is 17.6. The van der Waals surface area contributed by atoms with Gasteiger partial charge in [0.15, 0.2) is 0 Å². The smallest absolute Gasteiger partial charge is 0.334 e. The van der Waals surface area contributed by atoms with Gasteiger partial charge in [0.05, 0.1) is 5.92 Å². The summed E-state index contributed by atoms with van der Waals surface area (Å²) < 4.78 is 11.6. The minimum Gasteiger partial charge on any atom is -0.462 e. The number of ether oxygens (including phenoxy) is 1. The van der Waals surface area contributed by atoms with E-state index in [0.717, 1.165) is 16.7 Å². The van der Waals surface area contributed by atoms with E-state index in [-0.39, 0.29) is 17.8 Å². The molecule has 3 heterocycles. The summed E-state index contributed by atoms with van der Waals surface area (Å²) in [5.74, 6) is 0.541. The normalized spacial score (nSPS) is 29.5. The summed E-state index contributed by atoms with van der Waals surface area (Å²) in [6.45, 7) is 13.8. The third-order valence-corrected chi connectivity index (χ3v) is 5.02. The highest BCUT2D eigenvalue weighted by molar-refractivity contribution is 5.91. The van der Waals surface area contributed by atoms with Gasteiger partial charge in [-0.1, -0.05) is 24.3 Å². The van der Waals surface area contributed by atoms with Gasteiger partial charge in [0.2, 0.25) is 0 Å². The third kappa shape index (κ3) is 2.75. The number of hydrogen-bond acceptors (Lipinski definition) is 4. The number of rotatable bonds is 2. The Balaban J connectivity index is 2.13. The van der Waals surface area contributed by atoms with Crippen LogP contribution in [0.3, 0.4) is 0 Å². The van der Waals surface area contributed by atoms with E-state index in [1.165, 1.54) is 0 Å². The molecule has 1 aromatic rings. The van der Waals surface area contributed by atoms with E-state index in [0.29, 0.717) is 29.9 Å². The maximum atomic E-state index is 12.2. The summed E-state index contributed by atoms with van der Waals surface area (Å²) in [4.78, 5) is 12.2. The molecular weight excluding hydrogens is 304 g/mol. The van der Waals surface area contributed by atoms with Crippen LogP contribution in [0.1, 0.15) is 55.8 Å². The molecule has 0 aromatic carbocycles. The van der Waals surface area contributed by atoms with Gasteiger partial charge in [-0.3, -0.25) is 0 Å². The Morgan fingerprint density at radius 1 is 1.29 bits per heavy atom. The first-order valence-corrected chi connectivity index (χ1v) is 8.30. The van der Waals surface area contributed by atoms with E-state index in [2.05, 4.69) is 13.2 Å². The Labute approximate surface area is 142 Å². The van der Waals surface area contributed by atoms with Crippen LogP contribution >= 0.6 is 0 Å². The molecule has 0 aliphatic carbocycles. The van der Waals surface area contributed by atoms with Crippen LogP contribution in [0.2, 0.25) is 0 Å². The van der Waals surface area contributed by atoms with E-state index in [1.807, 2.05) is 32.9 Å². The van der Waals surface area contributed by atoms with Crippen LogP contribution in [0, 0.1) is 12.8 Å². The molecule has 0 spiro atoms. The van der Waals surface area contributed by atoms with Crippen LogP contribution in [0.4, 0.5) is 0 Å². The lowest BCUT2D eigenvalue weighted by Gasteiger charge is -2.23. The molecule has 24 heavy (non-hydrogen) atoms. The molecule has 0 unspecified atom stereocenters. The number of hydrogen-bond donors (Lipinski definition) is 1. The molecule has 1 aromatic heterocycles. The largest absolute Gasteiger partial charge is 0.462 e. The minimum absolute atomic E-state index is 0.170. The molecule has 4 bridgehead atoms. The van der Waals surface area contributed by atoms with Crippen LogP contribution in [-0.4, -0.2) is 17.2 Å². The Bertz CT molecular complexity index is 737. The molecule has 128 valence electrons. The monoisotopic (exact) mass is 328 g/mol. The van der Waals surface area contributed by atoms with Crippen molar-refractivity contribution in [2.24, 2.45) is 5.92 Å². The van der Waals surface area contributed by atoms with E-state index in [4.69, 9.17) is 9.15 Å². The predicted octanol–water partition coefficient (Wildman–Crippen LogP) is 4.12. The standard InChI is InChI=1S/C20H24O4/c1-10(2)14-7-6-13-9-16(24-20(13)22)17(11(3)4)15-8-12(5)19(23-15)18(14)21/h8-9,14,16-18,21H,1,3,6-7H2,2,4-5H3/t14-,16+,17-,18-/m0/s1. The van der Waals surface area contributed by atoms with Gasteiger partial charge in [0.1, 0.15) is 23.7 Å². The van der Waals surface area contributed by atoms with Gasteiger partial charge in [-0.25, -0.2) is 4.79 Å². The van der Waals surface area contributed by atoms with Crippen LogP contribution in [0.15, 0.2) is 46.4 Å². The second-order valence-corrected chi connectivity index (χ2v) is 7.02. The molecule has 3 rings (SSSR count). The average molecular weight is 328 g/mol. The molecular formula is C20H24O4. The highest BCUT2D eigenvalue weighted by atomic mass is 16.5. The van der Waals surface area contributed by atoms with Crippen molar-refractivity contribution in [3.63, 3.8) is 0 Å². The molecule has 0 saturated carbocycles. The molecule has 0 amide bonds. The van der Waals surface area contributed by atoms with Gasteiger partial charge in [-0.05, 0) is 51.3 Å². The van der Waals surface area contributed by atoms with Gasteiger partial charge in [0.25, 0.3) is 0 Å². The van der Waals surface area contributed by atoms with E-state index >= 15 is 0 Å². The maximum Gasteiger partial charge on any atom is 0.334 e. The summed E-state index contributed by atoms with van der Waals surface area (Å²) in [5.41, 5.74) is 3.28. The number of aryl methyl sites for hydroxylation is 1. The van der Waals surface area contributed by atoms with Crippen molar-refractivity contribution in [2.45, 2.75) is 51.7 Å². The molecule has 0 fully saturated rings. The van der Waals surface area contributed by atoms with Crippen molar-refractivity contribution in [3.8, 4) is 0 Å². The van der Waals surface area contributed by atoms with Crippen LogP contribution in [-0.2, 0) is 9.53 Å². The molecule has 1 N–H and O–H groups in total. The molecule has 2 aliphatic rings. The van der Waals surface area contributed by atoms with E-state index in [1.54, 1.807) is 0 Å². The number of carbonyl (C=O) groups is 1. The number of fused-ring (bicyclic) bond motifs is 3. The zero-order valence-electron chi connectivity index (χ0n) is 14.5. The second-order valence-electron chi connectivity index (χ2n) is 7.02. The second kappa shape index (κ2) is 6.10. The SMILES string of the molecule is C=C(C)[C@@H]1CCC2=C[C@@H](OC2=O)[C@@H](C(=C)C)c2cc(C)c(o2)[C@H]1O. The molecule has 0 saturated heterocycles. The first-order chi connectivity index (χ1) is 11.3. The fourth-order valence-corrected chi connectivity index (χ4v) is 3.67. The van der Waals surface area contributed by atoms with Crippen molar-refractivity contribution >= 4 is 5.97 Å². The lowest BCUT2D eigenvalue weighted by atomic mass is 9.86. The average Bonchev–Trinajstić information content (AvgIpc) is 3.01. The van der Waals surface area contributed by atoms with E-state index < -0.39 is 12.2 Å². The Morgan fingerprint density at radius 2 is 2.00 bits per heavy atom. The summed E-state index contributed by atoms with van der Waals surface area (Å²) >= 11 is 0. The van der Waals surface area contributed by atoms with Gasteiger partial charge < -0.3 is 14.3 Å². The van der Waals surface area contributed by atoms with E-state index in [9.17, 15) is 9.90 Å². The summed E-state index contributed by atoms with van der Waals surface area (Å²) in [5, 5.41) is 10.8. The first-order valence-electron chi connectivity index (χ1n) is 8.30. The van der Waals surface area contributed by atoms with Crippen molar-refractivity contribution in [1.29, 1.82) is 0 Å². The fourth-order valence-electron chi connectivity index (χ4n) is 3.67. The van der Waals surface area contributed by atoms with Crippen LogP contribution in [0.25, 0.3) is 0 Å². The van der Waals surface area contributed by atoms with Crippen LogP contribution < -0.4 is 0 Å². The predicted molar refractivity (Wildman–Crippen MR) is 91.5 cm³/mol. The Hall–Kier alpha value is -2.07. The quantitative estimate of drug-likeness (QED) is 0.655. The van der Waals surface area contributed by atoms with Crippen molar-refractivity contribution in [3.05, 3.63) is 59.1 Å². The summed E-state index contributed by atoms with van der Waals surface area (Å²) in [6.07, 6.45) is 1.89.